The number of hydrogen-bond acceptors (Lipinski definition) is 3. The quantitative estimate of drug-likeness (QED) is 0.580. The summed E-state index contributed by atoms with van der Waals surface area (Å²) < 4.78 is 12.9. The molecule has 0 saturated carbocycles. The SMILES string of the molecule is CCCCNC(=O)N1CCN(CCCC(=O)c2ccc(F)cc2)CC1. The second-order valence-corrected chi connectivity index (χ2v) is 6.45. The van der Waals surface area contributed by atoms with Gasteiger partial charge >= 0.3 is 6.03 Å². The molecule has 0 unspecified atom stereocenters. The minimum absolute atomic E-state index is 0.0274. The number of hydrogen-bond donors (Lipinski definition) is 1. The van der Waals surface area contributed by atoms with E-state index in [1.165, 1.54) is 24.3 Å². The summed E-state index contributed by atoms with van der Waals surface area (Å²) in [7, 11) is 0. The first-order chi connectivity index (χ1) is 12.1. The number of carbonyl (C=O) groups excluding carboxylic acids is 2. The summed E-state index contributed by atoms with van der Waals surface area (Å²) in [6.07, 6.45) is 3.32. The van der Waals surface area contributed by atoms with Gasteiger partial charge in [-0.3, -0.25) is 9.69 Å². The molecule has 0 radical (unpaired) electrons. The van der Waals surface area contributed by atoms with Crippen molar-refractivity contribution < 1.29 is 14.0 Å². The van der Waals surface area contributed by atoms with Crippen LogP contribution < -0.4 is 5.32 Å². The maximum absolute atomic E-state index is 12.9. The molecule has 0 aliphatic carbocycles. The van der Waals surface area contributed by atoms with Gasteiger partial charge in [0.05, 0.1) is 0 Å². The second-order valence-electron chi connectivity index (χ2n) is 6.45. The molecule has 0 aromatic heterocycles. The Balaban J connectivity index is 1.63. The highest BCUT2D eigenvalue weighted by Gasteiger charge is 2.20. The lowest BCUT2D eigenvalue weighted by atomic mass is 10.1. The summed E-state index contributed by atoms with van der Waals surface area (Å²) in [5, 5.41) is 2.95. The number of benzene rings is 1. The second kappa shape index (κ2) is 10.1. The number of nitrogens with zero attached hydrogens (tertiary/aromatic N) is 2. The van der Waals surface area contributed by atoms with Crippen molar-refractivity contribution >= 4 is 11.8 Å². The Morgan fingerprint density at radius 1 is 1.08 bits per heavy atom. The van der Waals surface area contributed by atoms with E-state index < -0.39 is 0 Å². The smallest absolute Gasteiger partial charge is 0.317 e. The molecule has 1 heterocycles. The van der Waals surface area contributed by atoms with Gasteiger partial charge in [0.2, 0.25) is 0 Å². The highest BCUT2D eigenvalue weighted by Crippen LogP contribution is 2.09. The van der Waals surface area contributed by atoms with E-state index in [1.807, 2.05) is 4.90 Å². The highest BCUT2D eigenvalue weighted by molar-refractivity contribution is 5.95. The Bertz CT molecular complexity index is 554. The number of urea groups is 1. The Labute approximate surface area is 149 Å². The molecule has 2 rings (SSSR count). The summed E-state index contributed by atoms with van der Waals surface area (Å²) in [5.41, 5.74) is 0.565. The van der Waals surface area contributed by atoms with E-state index in [1.54, 1.807) is 0 Å². The van der Waals surface area contributed by atoms with Gasteiger partial charge in [-0.2, -0.15) is 0 Å². The molecule has 1 aromatic carbocycles. The fourth-order valence-corrected chi connectivity index (χ4v) is 2.90. The topological polar surface area (TPSA) is 52.7 Å². The van der Waals surface area contributed by atoms with Crippen LogP contribution in [0, 0.1) is 5.82 Å². The van der Waals surface area contributed by atoms with Gasteiger partial charge in [-0.05, 0) is 43.7 Å². The van der Waals surface area contributed by atoms with E-state index in [0.717, 1.165) is 58.5 Å². The van der Waals surface area contributed by atoms with Crippen LogP contribution in [-0.4, -0.2) is 60.9 Å². The van der Waals surface area contributed by atoms with Crippen molar-refractivity contribution in [3.8, 4) is 0 Å². The summed E-state index contributed by atoms with van der Waals surface area (Å²) in [6.45, 7) is 6.82. The van der Waals surface area contributed by atoms with Crippen LogP contribution in [0.3, 0.4) is 0 Å². The molecule has 6 heteroatoms. The van der Waals surface area contributed by atoms with Crippen LogP contribution in [0.2, 0.25) is 0 Å². The summed E-state index contributed by atoms with van der Waals surface area (Å²) in [4.78, 5) is 28.2. The highest BCUT2D eigenvalue weighted by atomic mass is 19.1. The number of unbranched alkanes of at least 4 members (excludes halogenated alkanes) is 1. The van der Waals surface area contributed by atoms with Gasteiger partial charge in [0.15, 0.2) is 5.78 Å². The van der Waals surface area contributed by atoms with Gasteiger partial charge in [0.1, 0.15) is 5.82 Å². The van der Waals surface area contributed by atoms with Crippen molar-refractivity contribution in [1.29, 1.82) is 0 Å². The zero-order valence-corrected chi connectivity index (χ0v) is 15.0. The summed E-state index contributed by atoms with van der Waals surface area (Å²) in [6, 6.07) is 5.73. The molecule has 0 atom stereocenters. The van der Waals surface area contributed by atoms with Crippen LogP contribution in [0.5, 0.6) is 0 Å². The number of halogens is 1. The number of ketones is 1. The predicted octanol–water partition coefficient (Wildman–Crippen LogP) is 2.92. The van der Waals surface area contributed by atoms with E-state index in [-0.39, 0.29) is 17.6 Å². The van der Waals surface area contributed by atoms with E-state index in [4.69, 9.17) is 0 Å². The Kier molecular flexibility index (Phi) is 7.85. The Morgan fingerprint density at radius 3 is 2.40 bits per heavy atom. The number of carbonyl (C=O) groups is 2. The predicted molar refractivity (Wildman–Crippen MR) is 96.3 cm³/mol. The third-order valence-electron chi connectivity index (χ3n) is 4.51. The van der Waals surface area contributed by atoms with E-state index in [2.05, 4.69) is 17.1 Å². The first-order valence-electron chi connectivity index (χ1n) is 9.14. The van der Waals surface area contributed by atoms with Gasteiger partial charge < -0.3 is 10.2 Å². The number of nitrogens with one attached hydrogen (secondary N) is 1. The molecule has 138 valence electrons. The van der Waals surface area contributed by atoms with Gasteiger partial charge in [-0.1, -0.05) is 13.3 Å². The third-order valence-corrected chi connectivity index (χ3v) is 4.51. The molecule has 1 aliphatic rings. The average molecular weight is 349 g/mol. The van der Waals surface area contributed by atoms with Gasteiger partial charge in [0.25, 0.3) is 0 Å². The summed E-state index contributed by atoms with van der Waals surface area (Å²) >= 11 is 0. The molecule has 0 spiro atoms. The molecule has 25 heavy (non-hydrogen) atoms. The standard InChI is InChI=1S/C19H28FN3O2/c1-2-3-10-21-19(25)23-14-12-22(13-15-23)11-4-5-18(24)16-6-8-17(20)9-7-16/h6-9H,2-5,10-15H2,1H3,(H,21,25). The van der Waals surface area contributed by atoms with Crippen molar-refractivity contribution in [3.63, 3.8) is 0 Å². The molecule has 1 N–H and O–H groups in total. The van der Waals surface area contributed by atoms with E-state index in [0.29, 0.717) is 12.0 Å². The zero-order valence-electron chi connectivity index (χ0n) is 15.0. The summed E-state index contributed by atoms with van der Waals surface area (Å²) in [5.74, 6) is -0.276. The van der Waals surface area contributed by atoms with Crippen molar-refractivity contribution in [2.75, 3.05) is 39.3 Å². The molecular weight excluding hydrogens is 321 g/mol. The van der Waals surface area contributed by atoms with Crippen molar-refractivity contribution in [3.05, 3.63) is 35.6 Å². The fraction of sp³-hybridized carbons (Fsp3) is 0.579. The number of Topliss-reactive ketones (excluding diaryl/α,β-unsaturated/α-hetero) is 1. The fourth-order valence-electron chi connectivity index (χ4n) is 2.90. The third kappa shape index (κ3) is 6.46. The molecule has 1 aromatic rings. The van der Waals surface area contributed by atoms with Crippen LogP contribution >= 0.6 is 0 Å². The lowest BCUT2D eigenvalue weighted by Gasteiger charge is -2.34. The van der Waals surface area contributed by atoms with Crippen LogP contribution in [0.25, 0.3) is 0 Å². The van der Waals surface area contributed by atoms with Gasteiger partial charge in [-0.25, -0.2) is 9.18 Å². The number of piperazine rings is 1. The van der Waals surface area contributed by atoms with Crippen molar-refractivity contribution in [2.45, 2.75) is 32.6 Å². The van der Waals surface area contributed by atoms with E-state index >= 15 is 0 Å². The van der Waals surface area contributed by atoms with Crippen LogP contribution in [0.4, 0.5) is 9.18 Å². The van der Waals surface area contributed by atoms with Gasteiger partial charge in [0, 0.05) is 44.7 Å². The van der Waals surface area contributed by atoms with Gasteiger partial charge in [-0.15, -0.1) is 0 Å². The lowest BCUT2D eigenvalue weighted by molar-refractivity contribution is 0.0968. The first kappa shape index (κ1) is 19.4. The number of rotatable bonds is 8. The van der Waals surface area contributed by atoms with Crippen molar-refractivity contribution in [1.82, 2.24) is 15.1 Å². The largest absolute Gasteiger partial charge is 0.338 e. The molecule has 5 nitrogen and oxygen atoms in total. The van der Waals surface area contributed by atoms with Crippen LogP contribution in [0.1, 0.15) is 43.0 Å². The molecule has 1 aliphatic heterocycles. The number of amides is 2. The molecular formula is C19H28FN3O2. The molecule has 2 amide bonds. The average Bonchev–Trinajstić information content (AvgIpc) is 2.63. The first-order valence-corrected chi connectivity index (χ1v) is 9.14. The van der Waals surface area contributed by atoms with E-state index in [9.17, 15) is 14.0 Å². The normalized spacial score (nSPS) is 15.2. The maximum atomic E-state index is 12.9. The van der Waals surface area contributed by atoms with Crippen molar-refractivity contribution in [2.24, 2.45) is 0 Å². The zero-order chi connectivity index (χ0) is 18.1. The van der Waals surface area contributed by atoms with Crippen LogP contribution in [0.15, 0.2) is 24.3 Å². The molecule has 0 bridgehead atoms. The Hall–Kier alpha value is -1.95. The maximum Gasteiger partial charge on any atom is 0.317 e. The molecule has 1 saturated heterocycles. The Morgan fingerprint density at radius 2 is 1.76 bits per heavy atom. The minimum Gasteiger partial charge on any atom is -0.338 e. The van der Waals surface area contributed by atoms with Crippen LogP contribution in [-0.2, 0) is 0 Å². The lowest BCUT2D eigenvalue weighted by Crippen LogP contribution is -2.52. The molecule has 1 fully saturated rings. The monoisotopic (exact) mass is 349 g/mol. The minimum atomic E-state index is -0.326.